The summed E-state index contributed by atoms with van der Waals surface area (Å²) in [6.07, 6.45) is -2.13. The highest BCUT2D eigenvalue weighted by atomic mass is 16.5. The number of nitrogens with one attached hydrogen (secondary N) is 1. The second-order valence-corrected chi connectivity index (χ2v) is 6.33. The van der Waals surface area contributed by atoms with Crippen LogP contribution in [-0.4, -0.2) is 47.6 Å². The Morgan fingerprint density at radius 1 is 1.17 bits per heavy atom. The number of ether oxygens (including phenoxy) is 2. The van der Waals surface area contributed by atoms with Crippen molar-refractivity contribution in [3.8, 4) is 0 Å². The quantitative estimate of drug-likeness (QED) is 0.690. The Kier molecular flexibility index (Phi) is 4.73. The highest BCUT2D eigenvalue weighted by Crippen LogP contribution is 2.49. The maximum absolute atomic E-state index is 12.1. The number of hydrogen-bond donors (Lipinski definition) is 3. The molecule has 0 aromatic heterocycles. The van der Waals surface area contributed by atoms with E-state index in [1.54, 1.807) is 0 Å². The van der Waals surface area contributed by atoms with Gasteiger partial charge in [-0.1, -0.05) is 30.3 Å². The first-order valence-electron chi connectivity index (χ1n) is 7.94. The van der Waals surface area contributed by atoms with Crippen LogP contribution in [0.5, 0.6) is 0 Å². The van der Waals surface area contributed by atoms with Crippen LogP contribution in [0.3, 0.4) is 0 Å². The molecule has 0 radical (unpaired) electrons. The maximum atomic E-state index is 12.1. The number of aliphatic hydroxyl groups is 2. The number of aliphatic hydroxyl groups excluding tert-OH is 2. The molecule has 2 saturated carbocycles. The van der Waals surface area contributed by atoms with Crippen LogP contribution in [-0.2, 0) is 20.9 Å². The zero-order valence-corrected chi connectivity index (χ0v) is 13.3. The largest absolute Gasteiger partial charge is 0.469 e. The topological polar surface area (TPSA) is 105 Å². The Balaban J connectivity index is 1.64. The number of fused-ring (bicyclic) bond motifs is 2. The van der Waals surface area contributed by atoms with Crippen molar-refractivity contribution >= 4 is 12.1 Å². The van der Waals surface area contributed by atoms with Crippen LogP contribution in [0.15, 0.2) is 30.3 Å². The first-order chi connectivity index (χ1) is 11.5. The van der Waals surface area contributed by atoms with Crippen molar-refractivity contribution in [1.29, 1.82) is 0 Å². The highest BCUT2D eigenvalue weighted by molar-refractivity contribution is 5.76. The van der Waals surface area contributed by atoms with E-state index in [1.165, 1.54) is 7.11 Å². The van der Waals surface area contributed by atoms with E-state index in [0.717, 1.165) is 5.56 Å². The van der Waals surface area contributed by atoms with E-state index in [2.05, 4.69) is 5.32 Å². The minimum atomic E-state index is -0.975. The van der Waals surface area contributed by atoms with E-state index < -0.39 is 48.1 Å². The number of methoxy groups -OCH3 is 1. The summed E-state index contributed by atoms with van der Waals surface area (Å²) in [7, 11) is 1.27. The Morgan fingerprint density at radius 3 is 2.50 bits per heavy atom. The van der Waals surface area contributed by atoms with Crippen molar-refractivity contribution in [2.45, 2.75) is 31.3 Å². The van der Waals surface area contributed by atoms with Crippen LogP contribution < -0.4 is 5.32 Å². The van der Waals surface area contributed by atoms with E-state index in [0.29, 0.717) is 6.42 Å². The van der Waals surface area contributed by atoms with E-state index >= 15 is 0 Å². The van der Waals surface area contributed by atoms with E-state index in [1.807, 2.05) is 30.3 Å². The summed E-state index contributed by atoms with van der Waals surface area (Å²) in [5.41, 5.74) is 0.848. The zero-order valence-electron chi connectivity index (χ0n) is 13.3. The Bertz CT molecular complexity index is 606. The molecule has 0 aliphatic heterocycles. The molecule has 2 aliphatic rings. The average Bonchev–Trinajstić information content (AvgIpc) is 3.10. The minimum absolute atomic E-state index is 0.113. The van der Waals surface area contributed by atoms with Gasteiger partial charge < -0.3 is 25.0 Å². The summed E-state index contributed by atoms with van der Waals surface area (Å²) in [6.45, 7) is 0.113. The molecule has 2 fully saturated rings. The fraction of sp³-hybridized carbons (Fsp3) is 0.529. The van der Waals surface area contributed by atoms with Crippen molar-refractivity contribution in [3.05, 3.63) is 35.9 Å². The van der Waals surface area contributed by atoms with Crippen molar-refractivity contribution in [2.24, 2.45) is 17.8 Å². The van der Waals surface area contributed by atoms with Gasteiger partial charge in [-0.25, -0.2) is 4.79 Å². The normalized spacial score (nSPS) is 34.0. The van der Waals surface area contributed by atoms with Crippen LogP contribution in [0, 0.1) is 17.8 Å². The molecule has 0 spiro atoms. The SMILES string of the molecule is COC(=O)[C@H]1[C@H]2C[C@H]([C@H](O)[C@@H]2O)[C@H]1NC(=O)OCc1ccccc1. The summed E-state index contributed by atoms with van der Waals surface area (Å²) in [6, 6.07) is 8.62. The van der Waals surface area contributed by atoms with Gasteiger partial charge in [-0.3, -0.25) is 4.79 Å². The first kappa shape index (κ1) is 16.7. The molecule has 3 N–H and O–H groups in total. The third-order valence-electron chi connectivity index (χ3n) is 5.05. The Morgan fingerprint density at radius 2 is 1.83 bits per heavy atom. The maximum Gasteiger partial charge on any atom is 0.407 e. The minimum Gasteiger partial charge on any atom is -0.469 e. The molecule has 24 heavy (non-hydrogen) atoms. The molecule has 2 bridgehead atoms. The lowest BCUT2D eigenvalue weighted by atomic mass is 9.81. The molecule has 130 valence electrons. The Labute approximate surface area is 139 Å². The number of amides is 1. The van der Waals surface area contributed by atoms with Crippen LogP contribution in [0.25, 0.3) is 0 Å². The number of hydrogen-bond acceptors (Lipinski definition) is 6. The molecular formula is C17H21NO6. The third-order valence-corrected chi connectivity index (χ3v) is 5.05. The standard InChI is InChI=1S/C17H21NO6/c1-23-16(21)12-10-7-11(15(20)14(10)19)13(12)18-17(22)24-8-9-5-3-2-4-6-9/h2-6,10-15,19-20H,7-8H2,1H3,(H,18,22)/t10-,11+,12+,13-,14-,15+/m1/s1. The molecule has 0 unspecified atom stereocenters. The van der Waals surface area contributed by atoms with Gasteiger partial charge in [-0.05, 0) is 12.0 Å². The summed E-state index contributed by atoms with van der Waals surface area (Å²) in [4.78, 5) is 24.1. The van der Waals surface area contributed by atoms with Gasteiger partial charge in [0.1, 0.15) is 6.61 Å². The van der Waals surface area contributed by atoms with Gasteiger partial charge in [0.25, 0.3) is 0 Å². The number of benzene rings is 1. The monoisotopic (exact) mass is 335 g/mol. The van der Waals surface area contributed by atoms with Crippen LogP contribution in [0.1, 0.15) is 12.0 Å². The van der Waals surface area contributed by atoms with E-state index in [4.69, 9.17) is 9.47 Å². The van der Waals surface area contributed by atoms with Crippen LogP contribution >= 0.6 is 0 Å². The van der Waals surface area contributed by atoms with E-state index in [-0.39, 0.29) is 6.61 Å². The molecule has 0 saturated heterocycles. The molecule has 0 heterocycles. The van der Waals surface area contributed by atoms with Crippen LogP contribution in [0.2, 0.25) is 0 Å². The summed E-state index contributed by atoms with van der Waals surface area (Å²) < 4.78 is 9.96. The lowest BCUT2D eigenvalue weighted by Gasteiger charge is -2.35. The van der Waals surface area contributed by atoms with Gasteiger partial charge in [0.05, 0.1) is 31.3 Å². The Hall–Kier alpha value is -2.12. The van der Waals surface area contributed by atoms with Gasteiger partial charge in [0.15, 0.2) is 0 Å². The molecular weight excluding hydrogens is 314 g/mol. The predicted octanol–water partition coefficient (Wildman–Crippen LogP) is 0.442. The third kappa shape index (κ3) is 2.97. The van der Waals surface area contributed by atoms with Crippen molar-refractivity contribution < 1.29 is 29.3 Å². The number of esters is 1. The molecule has 2 aliphatic carbocycles. The summed E-state index contributed by atoms with van der Waals surface area (Å²) >= 11 is 0. The second kappa shape index (κ2) is 6.78. The molecule has 7 nitrogen and oxygen atoms in total. The molecule has 1 aromatic carbocycles. The molecule has 7 heteroatoms. The summed E-state index contributed by atoms with van der Waals surface area (Å²) in [5, 5.41) is 22.7. The lowest BCUT2D eigenvalue weighted by molar-refractivity contribution is -0.152. The van der Waals surface area contributed by atoms with Crippen LogP contribution in [0.4, 0.5) is 4.79 Å². The second-order valence-electron chi connectivity index (χ2n) is 6.33. The molecule has 1 aromatic rings. The van der Waals surface area contributed by atoms with Crippen molar-refractivity contribution in [2.75, 3.05) is 7.11 Å². The fourth-order valence-corrected chi connectivity index (χ4v) is 3.91. The van der Waals surface area contributed by atoms with Gasteiger partial charge in [-0.15, -0.1) is 0 Å². The average molecular weight is 335 g/mol. The van der Waals surface area contributed by atoms with Gasteiger partial charge >= 0.3 is 12.1 Å². The van der Waals surface area contributed by atoms with Gasteiger partial charge in [0.2, 0.25) is 0 Å². The van der Waals surface area contributed by atoms with Gasteiger partial charge in [0, 0.05) is 11.8 Å². The predicted molar refractivity (Wildman–Crippen MR) is 82.7 cm³/mol. The summed E-state index contributed by atoms with van der Waals surface area (Å²) in [5.74, 6) is -1.99. The highest BCUT2D eigenvalue weighted by Gasteiger charge is 2.60. The number of carbonyl (C=O) groups excluding carboxylic acids is 2. The lowest BCUT2D eigenvalue weighted by Crippen LogP contribution is -2.55. The van der Waals surface area contributed by atoms with E-state index in [9.17, 15) is 19.8 Å². The number of rotatable bonds is 4. The molecule has 3 rings (SSSR count). The number of carbonyl (C=O) groups is 2. The smallest absolute Gasteiger partial charge is 0.407 e. The zero-order chi connectivity index (χ0) is 17.3. The van der Waals surface area contributed by atoms with Crippen molar-refractivity contribution in [1.82, 2.24) is 5.32 Å². The first-order valence-corrected chi connectivity index (χ1v) is 7.94. The van der Waals surface area contributed by atoms with Gasteiger partial charge in [-0.2, -0.15) is 0 Å². The van der Waals surface area contributed by atoms with Crippen molar-refractivity contribution in [3.63, 3.8) is 0 Å². The molecule has 6 atom stereocenters. The molecule has 1 amide bonds. The fourth-order valence-electron chi connectivity index (χ4n) is 3.91. The number of alkyl carbamates (subject to hydrolysis) is 1.